The number of hydrogen-bond donors (Lipinski definition) is 2. The molecule has 0 aliphatic heterocycles. The average Bonchev–Trinajstić information content (AvgIpc) is 3.45. The van der Waals surface area contributed by atoms with E-state index in [1.54, 1.807) is 50.6 Å². The molecule has 11 heteroatoms. The Morgan fingerprint density at radius 1 is 1.15 bits per heavy atom. The third kappa shape index (κ3) is 3.55. The van der Waals surface area contributed by atoms with Gasteiger partial charge in [0, 0.05) is 52.1 Å². The Morgan fingerprint density at radius 2 is 1.94 bits per heavy atom. The Labute approximate surface area is 198 Å². The van der Waals surface area contributed by atoms with E-state index in [2.05, 4.69) is 15.4 Å². The number of fused-ring (bicyclic) bond motifs is 2. The molecule has 3 heterocycles. The van der Waals surface area contributed by atoms with Gasteiger partial charge in [0.25, 0.3) is 15.6 Å². The van der Waals surface area contributed by atoms with Gasteiger partial charge in [-0.15, -0.1) is 0 Å². The van der Waals surface area contributed by atoms with Crippen LogP contribution in [0.2, 0.25) is 5.02 Å². The fourth-order valence-electron chi connectivity index (χ4n) is 3.94. The zero-order valence-electron chi connectivity index (χ0n) is 18.1. The van der Waals surface area contributed by atoms with Crippen molar-refractivity contribution in [1.29, 1.82) is 0 Å². The lowest BCUT2D eigenvalue weighted by molar-refractivity contribution is 0.583. The predicted molar refractivity (Wildman–Crippen MR) is 132 cm³/mol. The van der Waals surface area contributed by atoms with Gasteiger partial charge in [-0.3, -0.25) is 4.79 Å². The molecule has 2 aromatic carbocycles. The maximum absolute atomic E-state index is 14.6. The van der Waals surface area contributed by atoms with Gasteiger partial charge in [0.1, 0.15) is 11.3 Å². The van der Waals surface area contributed by atoms with Crippen LogP contribution in [0.5, 0.6) is 0 Å². The molecule has 5 rings (SSSR count). The molecule has 0 unspecified atom stereocenters. The molecule has 174 valence electrons. The second-order valence-corrected chi connectivity index (χ2v) is 10.3. The monoisotopic (exact) mass is 499 g/mol. The highest BCUT2D eigenvalue weighted by Crippen LogP contribution is 2.38. The summed E-state index contributed by atoms with van der Waals surface area (Å²) in [5, 5.41) is 8.63. The molecular formula is C23H19ClFN5O3S. The molecular weight excluding hydrogens is 481 g/mol. The van der Waals surface area contributed by atoms with Gasteiger partial charge in [0.05, 0.1) is 23.2 Å². The molecule has 5 aromatic rings. The lowest BCUT2D eigenvalue weighted by Crippen LogP contribution is -2.17. The number of rotatable bonds is 5. The summed E-state index contributed by atoms with van der Waals surface area (Å²) in [6.07, 6.45) is 4.77. The largest absolute Gasteiger partial charge is 0.357 e. The molecule has 0 fully saturated rings. The SMILES string of the molecule is CCS(=O)(=O)n1ncc2cc(Nc3ccc(Cl)cc3F)c(-c3cn(C)c(=O)c4[nH]ccc34)cc21. The fraction of sp³-hybridized carbons (Fsp3) is 0.130. The number of aryl methyl sites for hydroxylation is 1. The quantitative estimate of drug-likeness (QED) is 0.367. The minimum absolute atomic E-state index is 0.128. The molecule has 0 saturated carbocycles. The number of H-pyrrole nitrogens is 1. The molecule has 0 bridgehead atoms. The molecule has 0 saturated heterocycles. The summed E-state index contributed by atoms with van der Waals surface area (Å²) in [7, 11) is -2.03. The number of nitrogens with zero attached hydrogens (tertiary/aromatic N) is 3. The minimum atomic E-state index is -3.66. The van der Waals surface area contributed by atoms with Gasteiger partial charge in [0.2, 0.25) is 0 Å². The summed E-state index contributed by atoms with van der Waals surface area (Å²) in [5.74, 6) is -0.674. The molecule has 0 aliphatic carbocycles. The van der Waals surface area contributed by atoms with Gasteiger partial charge < -0.3 is 14.9 Å². The second-order valence-electron chi connectivity index (χ2n) is 7.82. The van der Waals surface area contributed by atoms with Crippen molar-refractivity contribution in [3.05, 3.63) is 76.2 Å². The first-order valence-corrected chi connectivity index (χ1v) is 12.3. The summed E-state index contributed by atoms with van der Waals surface area (Å²) in [6.45, 7) is 1.54. The van der Waals surface area contributed by atoms with Crippen LogP contribution in [0.1, 0.15) is 6.92 Å². The van der Waals surface area contributed by atoms with Crippen molar-refractivity contribution in [3.8, 4) is 11.1 Å². The summed E-state index contributed by atoms with van der Waals surface area (Å²) < 4.78 is 42.3. The van der Waals surface area contributed by atoms with E-state index in [9.17, 15) is 17.6 Å². The van der Waals surface area contributed by atoms with Crippen LogP contribution in [0, 0.1) is 5.82 Å². The van der Waals surface area contributed by atoms with Crippen molar-refractivity contribution in [2.24, 2.45) is 7.05 Å². The van der Waals surface area contributed by atoms with E-state index in [-0.39, 0.29) is 22.0 Å². The Morgan fingerprint density at radius 3 is 2.68 bits per heavy atom. The molecule has 0 radical (unpaired) electrons. The second kappa shape index (κ2) is 8.00. The van der Waals surface area contributed by atoms with Gasteiger partial charge in [0.15, 0.2) is 0 Å². The molecule has 0 atom stereocenters. The number of benzene rings is 2. The average molecular weight is 500 g/mol. The first-order chi connectivity index (χ1) is 16.2. The van der Waals surface area contributed by atoms with Crippen molar-refractivity contribution in [2.45, 2.75) is 6.92 Å². The van der Waals surface area contributed by atoms with Crippen molar-refractivity contribution in [2.75, 3.05) is 11.1 Å². The van der Waals surface area contributed by atoms with E-state index < -0.39 is 15.8 Å². The van der Waals surface area contributed by atoms with Gasteiger partial charge in [-0.2, -0.15) is 9.19 Å². The zero-order chi connectivity index (χ0) is 24.2. The van der Waals surface area contributed by atoms with Crippen LogP contribution in [0.3, 0.4) is 0 Å². The standard InChI is InChI=1S/C23H19ClFN5O3S/c1-3-34(32,33)30-21-10-16(17-12-29(2)23(31)22-15(17)6-7-26-22)20(8-13(21)11-27-30)28-19-5-4-14(24)9-18(19)25/h4-12,26,28H,3H2,1-2H3. The number of nitrogens with one attached hydrogen (secondary N) is 2. The van der Waals surface area contributed by atoms with Crippen molar-refractivity contribution in [3.63, 3.8) is 0 Å². The third-order valence-corrected chi connectivity index (χ3v) is 7.47. The normalized spacial score (nSPS) is 12.0. The summed E-state index contributed by atoms with van der Waals surface area (Å²) >= 11 is 5.90. The lowest BCUT2D eigenvalue weighted by Gasteiger charge is -2.16. The van der Waals surface area contributed by atoms with E-state index in [0.717, 1.165) is 4.09 Å². The van der Waals surface area contributed by atoms with Gasteiger partial charge in [-0.25, -0.2) is 12.8 Å². The molecule has 2 N–H and O–H groups in total. The van der Waals surface area contributed by atoms with Gasteiger partial charge >= 0.3 is 0 Å². The maximum atomic E-state index is 14.6. The number of aromatic amines is 1. The number of halogens is 2. The first kappa shape index (κ1) is 22.2. The Bertz CT molecular complexity index is 1750. The van der Waals surface area contributed by atoms with E-state index in [1.165, 1.54) is 22.9 Å². The van der Waals surface area contributed by atoms with Crippen molar-refractivity contribution < 1.29 is 12.8 Å². The van der Waals surface area contributed by atoms with Crippen molar-refractivity contribution >= 4 is 54.8 Å². The van der Waals surface area contributed by atoms with Crippen LogP contribution in [0.4, 0.5) is 15.8 Å². The summed E-state index contributed by atoms with van der Waals surface area (Å²) in [5.41, 5.74) is 2.47. The Hall–Kier alpha value is -3.63. The topological polar surface area (TPSA) is 102 Å². The Kier molecular flexibility index (Phi) is 5.22. The highest BCUT2D eigenvalue weighted by atomic mass is 35.5. The van der Waals surface area contributed by atoms with Gasteiger partial charge in [-0.1, -0.05) is 11.6 Å². The minimum Gasteiger partial charge on any atom is -0.357 e. The lowest BCUT2D eigenvalue weighted by atomic mass is 10.00. The Balaban J connectivity index is 1.83. The third-order valence-electron chi connectivity index (χ3n) is 5.69. The highest BCUT2D eigenvalue weighted by Gasteiger charge is 2.20. The maximum Gasteiger partial charge on any atom is 0.274 e. The summed E-state index contributed by atoms with van der Waals surface area (Å²) in [6, 6.07) is 9.43. The molecule has 3 aromatic heterocycles. The van der Waals surface area contributed by atoms with E-state index in [4.69, 9.17) is 11.6 Å². The number of hydrogen-bond acceptors (Lipinski definition) is 5. The van der Waals surface area contributed by atoms with Gasteiger partial charge in [-0.05, 0) is 43.3 Å². The molecule has 0 aliphatic rings. The molecule has 0 amide bonds. The molecule has 0 spiro atoms. The fourth-order valence-corrected chi connectivity index (χ4v) is 4.99. The van der Waals surface area contributed by atoms with Crippen LogP contribution in [0.15, 0.2) is 59.8 Å². The number of aromatic nitrogens is 4. The van der Waals surface area contributed by atoms with Crippen LogP contribution < -0.4 is 10.9 Å². The number of anilines is 2. The van der Waals surface area contributed by atoms with E-state index in [1.807, 2.05) is 0 Å². The molecule has 8 nitrogen and oxygen atoms in total. The van der Waals surface area contributed by atoms with Crippen LogP contribution in [0.25, 0.3) is 32.9 Å². The van der Waals surface area contributed by atoms with Crippen LogP contribution in [-0.2, 0) is 17.1 Å². The smallest absolute Gasteiger partial charge is 0.274 e. The molecule has 34 heavy (non-hydrogen) atoms. The highest BCUT2D eigenvalue weighted by molar-refractivity contribution is 7.89. The zero-order valence-corrected chi connectivity index (χ0v) is 19.7. The first-order valence-electron chi connectivity index (χ1n) is 10.3. The van der Waals surface area contributed by atoms with Crippen LogP contribution >= 0.6 is 11.6 Å². The van der Waals surface area contributed by atoms with E-state index in [0.29, 0.717) is 38.6 Å². The summed E-state index contributed by atoms with van der Waals surface area (Å²) in [4.78, 5) is 15.5. The number of pyridine rings is 1. The van der Waals surface area contributed by atoms with E-state index >= 15 is 0 Å². The predicted octanol–water partition coefficient (Wildman–Crippen LogP) is 4.62. The van der Waals surface area contributed by atoms with Crippen LogP contribution in [-0.4, -0.2) is 32.9 Å². The van der Waals surface area contributed by atoms with Crippen molar-refractivity contribution in [1.82, 2.24) is 18.7 Å².